The van der Waals surface area contributed by atoms with Crippen molar-refractivity contribution >= 4 is 15.7 Å². The maximum absolute atomic E-state index is 13.6. The Morgan fingerprint density at radius 3 is 2.69 bits per heavy atom. The van der Waals surface area contributed by atoms with E-state index in [0.717, 1.165) is 11.1 Å². The highest BCUT2D eigenvalue weighted by atomic mass is 32.2. The summed E-state index contributed by atoms with van der Waals surface area (Å²) in [6.07, 6.45) is 0.363. The fourth-order valence-corrected chi connectivity index (χ4v) is 6.75. The number of aromatic hydroxyl groups is 1. The van der Waals surface area contributed by atoms with Crippen molar-refractivity contribution < 1.29 is 27.8 Å². The van der Waals surface area contributed by atoms with Crippen molar-refractivity contribution in [1.29, 1.82) is 0 Å². The average molecular weight is 498 g/mol. The molecular formula is C25H27N3O6S. The van der Waals surface area contributed by atoms with Gasteiger partial charge in [-0.25, -0.2) is 8.42 Å². The van der Waals surface area contributed by atoms with Crippen LogP contribution in [-0.4, -0.2) is 65.8 Å². The van der Waals surface area contributed by atoms with Gasteiger partial charge in [0.1, 0.15) is 17.1 Å². The van der Waals surface area contributed by atoms with Gasteiger partial charge in [0.25, 0.3) is 5.91 Å². The molecule has 9 nitrogen and oxygen atoms in total. The van der Waals surface area contributed by atoms with Crippen molar-refractivity contribution in [1.82, 2.24) is 15.1 Å². The predicted molar refractivity (Wildman–Crippen MR) is 130 cm³/mol. The highest BCUT2D eigenvalue weighted by Gasteiger charge is 2.48. The lowest BCUT2D eigenvalue weighted by Gasteiger charge is -2.31. The molecule has 1 saturated heterocycles. The van der Waals surface area contributed by atoms with E-state index in [4.69, 9.17) is 9.47 Å². The van der Waals surface area contributed by atoms with Crippen LogP contribution in [0, 0.1) is 6.92 Å². The Morgan fingerprint density at radius 2 is 2.00 bits per heavy atom. The first-order valence-electron chi connectivity index (χ1n) is 11.5. The van der Waals surface area contributed by atoms with Crippen molar-refractivity contribution in [3.8, 4) is 28.5 Å². The van der Waals surface area contributed by atoms with Gasteiger partial charge in [0.05, 0.1) is 31.3 Å². The highest BCUT2D eigenvalue weighted by molar-refractivity contribution is 7.91. The maximum atomic E-state index is 13.6. The van der Waals surface area contributed by atoms with E-state index in [1.165, 1.54) is 0 Å². The summed E-state index contributed by atoms with van der Waals surface area (Å²) < 4.78 is 35.8. The minimum absolute atomic E-state index is 0.0402. The van der Waals surface area contributed by atoms with Gasteiger partial charge in [0.15, 0.2) is 21.3 Å². The van der Waals surface area contributed by atoms with E-state index >= 15 is 0 Å². The number of benzene rings is 2. The van der Waals surface area contributed by atoms with E-state index in [9.17, 15) is 18.3 Å². The van der Waals surface area contributed by atoms with Crippen LogP contribution < -0.4 is 9.47 Å². The standard InChI is InChI=1S/C25H27N3O6S/c1-4-34-19-8-6-15(12-20(19)33-3)24-21-22(17-11-14(2)5-7-18(17)29)26-27-23(21)25(30)28(24)16-9-10-35(31,32)13-16/h5-8,11-12,16,24,29H,4,9-10,13H2,1-3H3,(H,26,27). The van der Waals surface area contributed by atoms with Gasteiger partial charge in [-0.05, 0) is 50.1 Å². The molecule has 0 bridgehead atoms. The Bertz CT molecular complexity index is 1410. The molecule has 1 amide bonds. The van der Waals surface area contributed by atoms with Crippen molar-refractivity contribution in [2.24, 2.45) is 0 Å². The molecule has 2 atom stereocenters. The summed E-state index contributed by atoms with van der Waals surface area (Å²) in [5.41, 5.74) is 3.51. The molecule has 184 valence electrons. The van der Waals surface area contributed by atoms with E-state index in [1.54, 1.807) is 36.3 Å². The van der Waals surface area contributed by atoms with Crippen LogP contribution in [-0.2, 0) is 9.84 Å². The van der Waals surface area contributed by atoms with Gasteiger partial charge in [0, 0.05) is 17.2 Å². The molecule has 3 aromatic rings. The number of fused-ring (bicyclic) bond motifs is 1. The third-order valence-corrected chi connectivity index (χ3v) is 8.37. The number of sulfone groups is 1. The molecule has 0 saturated carbocycles. The van der Waals surface area contributed by atoms with Gasteiger partial charge in [0.2, 0.25) is 0 Å². The van der Waals surface area contributed by atoms with Gasteiger partial charge in [-0.3, -0.25) is 9.89 Å². The number of H-pyrrole nitrogens is 1. The Labute approximate surface area is 203 Å². The van der Waals surface area contributed by atoms with Crippen LogP contribution in [0.5, 0.6) is 17.2 Å². The Kier molecular flexibility index (Phi) is 5.71. The van der Waals surface area contributed by atoms with Crippen LogP contribution in [0.15, 0.2) is 36.4 Å². The molecule has 1 fully saturated rings. The smallest absolute Gasteiger partial charge is 0.273 e. The van der Waals surface area contributed by atoms with Crippen LogP contribution in [0.3, 0.4) is 0 Å². The van der Waals surface area contributed by atoms with E-state index in [0.29, 0.717) is 47.0 Å². The first kappa shape index (κ1) is 23.2. The molecule has 2 N–H and O–H groups in total. The molecule has 1 aromatic heterocycles. The molecule has 0 spiro atoms. The Balaban J connectivity index is 1.70. The fourth-order valence-electron chi connectivity index (χ4n) is 5.04. The van der Waals surface area contributed by atoms with E-state index in [1.807, 2.05) is 26.0 Å². The number of aryl methyl sites for hydroxylation is 1. The molecule has 0 aliphatic carbocycles. The number of nitrogens with zero attached hydrogens (tertiary/aromatic N) is 2. The number of ether oxygens (including phenoxy) is 2. The van der Waals surface area contributed by atoms with E-state index in [2.05, 4.69) is 10.2 Å². The summed E-state index contributed by atoms with van der Waals surface area (Å²) >= 11 is 0. The second-order valence-corrected chi connectivity index (χ2v) is 11.1. The number of nitrogens with one attached hydrogen (secondary N) is 1. The second-order valence-electron chi connectivity index (χ2n) is 8.90. The number of phenols is 1. The van der Waals surface area contributed by atoms with Crippen LogP contribution in [0.2, 0.25) is 0 Å². The molecule has 2 aromatic carbocycles. The minimum atomic E-state index is -3.24. The summed E-state index contributed by atoms with van der Waals surface area (Å²) in [5, 5.41) is 17.9. The number of methoxy groups -OCH3 is 1. The molecule has 2 aliphatic rings. The first-order chi connectivity index (χ1) is 16.7. The average Bonchev–Trinajstić information content (AvgIpc) is 3.49. The third-order valence-electron chi connectivity index (χ3n) is 6.62. The molecule has 2 unspecified atom stereocenters. The number of hydrogen-bond donors (Lipinski definition) is 2. The molecule has 35 heavy (non-hydrogen) atoms. The zero-order chi connectivity index (χ0) is 24.9. The lowest BCUT2D eigenvalue weighted by molar-refractivity contribution is 0.0677. The van der Waals surface area contributed by atoms with Crippen LogP contribution in [0.4, 0.5) is 0 Å². The number of carbonyl (C=O) groups excluding carboxylic acids is 1. The van der Waals surface area contributed by atoms with E-state index < -0.39 is 21.9 Å². The lowest BCUT2D eigenvalue weighted by Crippen LogP contribution is -2.40. The second kappa shape index (κ2) is 8.60. The molecule has 0 radical (unpaired) electrons. The topological polar surface area (TPSA) is 122 Å². The van der Waals surface area contributed by atoms with Crippen molar-refractivity contribution in [3.05, 3.63) is 58.8 Å². The third kappa shape index (κ3) is 3.91. The summed E-state index contributed by atoms with van der Waals surface area (Å²) in [7, 11) is -1.69. The van der Waals surface area contributed by atoms with Gasteiger partial charge >= 0.3 is 0 Å². The SMILES string of the molecule is CCOc1ccc(C2c3c(-c4cc(C)ccc4O)n[nH]c3C(=O)N2C2CCS(=O)(=O)C2)cc1OC. The van der Waals surface area contributed by atoms with Crippen LogP contribution in [0.25, 0.3) is 11.3 Å². The van der Waals surface area contributed by atoms with Gasteiger partial charge in [-0.15, -0.1) is 0 Å². The number of hydrogen-bond acceptors (Lipinski definition) is 7. The van der Waals surface area contributed by atoms with Crippen molar-refractivity contribution in [2.45, 2.75) is 32.4 Å². The number of carbonyl (C=O) groups is 1. The van der Waals surface area contributed by atoms with Crippen LogP contribution in [0.1, 0.15) is 46.6 Å². The summed E-state index contributed by atoms with van der Waals surface area (Å²) in [6, 6.07) is 9.55. The Hall–Kier alpha value is -3.53. The monoisotopic (exact) mass is 497 g/mol. The zero-order valence-corrected chi connectivity index (χ0v) is 20.6. The van der Waals surface area contributed by atoms with Gasteiger partial charge < -0.3 is 19.5 Å². The number of aromatic nitrogens is 2. The molecule has 3 heterocycles. The largest absolute Gasteiger partial charge is 0.507 e. The van der Waals surface area contributed by atoms with Crippen molar-refractivity contribution in [2.75, 3.05) is 25.2 Å². The minimum Gasteiger partial charge on any atom is -0.507 e. The fraction of sp³-hybridized carbons (Fsp3) is 0.360. The van der Waals surface area contributed by atoms with Gasteiger partial charge in [-0.1, -0.05) is 17.7 Å². The lowest BCUT2D eigenvalue weighted by atomic mass is 9.94. The van der Waals surface area contributed by atoms with Crippen molar-refractivity contribution in [3.63, 3.8) is 0 Å². The summed E-state index contributed by atoms with van der Waals surface area (Å²) in [4.78, 5) is 15.3. The maximum Gasteiger partial charge on any atom is 0.273 e. The predicted octanol–water partition coefficient (Wildman–Crippen LogP) is 3.23. The number of amides is 1. The van der Waals surface area contributed by atoms with E-state index in [-0.39, 0.29) is 23.2 Å². The first-order valence-corrected chi connectivity index (χ1v) is 13.3. The highest BCUT2D eigenvalue weighted by Crippen LogP contribution is 2.47. The molecular weight excluding hydrogens is 470 g/mol. The molecule has 10 heteroatoms. The van der Waals surface area contributed by atoms with Crippen LogP contribution >= 0.6 is 0 Å². The molecule has 5 rings (SSSR count). The quantitative estimate of drug-likeness (QED) is 0.536. The Morgan fingerprint density at radius 1 is 1.20 bits per heavy atom. The van der Waals surface area contributed by atoms with Gasteiger partial charge in [-0.2, -0.15) is 5.10 Å². The summed E-state index contributed by atoms with van der Waals surface area (Å²) in [5.74, 6) is 0.757. The number of aromatic amines is 1. The summed E-state index contributed by atoms with van der Waals surface area (Å²) in [6.45, 7) is 4.25. The normalized spacial score (nSPS) is 20.8. The number of phenolic OH excluding ortho intramolecular Hbond substituents is 1. The number of rotatable bonds is 6. The molecule has 2 aliphatic heterocycles. The zero-order valence-electron chi connectivity index (χ0n) is 19.7.